The highest BCUT2D eigenvalue weighted by Gasteiger charge is 2.20. The van der Waals surface area contributed by atoms with Gasteiger partial charge in [-0.3, -0.25) is 10.1 Å². The van der Waals surface area contributed by atoms with Gasteiger partial charge in [-0.2, -0.15) is 0 Å². The lowest BCUT2D eigenvalue weighted by Gasteiger charge is -2.09. The number of nitrogens with one attached hydrogen (secondary N) is 1. The van der Waals surface area contributed by atoms with Crippen LogP contribution in [0.3, 0.4) is 0 Å². The molecule has 2 aromatic carbocycles. The van der Waals surface area contributed by atoms with Crippen molar-refractivity contribution in [3.8, 4) is 0 Å². The first-order chi connectivity index (χ1) is 11.3. The first-order valence-corrected chi connectivity index (χ1v) is 9.70. The number of hydrogen-bond acceptors (Lipinski definition) is 5. The van der Waals surface area contributed by atoms with E-state index in [2.05, 4.69) is 4.72 Å². The van der Waals surface area contributed by atoms with Gasteiger partial charge in [0.05, 0.1) is 9.82 Å². The number of nitro groups is 1. The van der Waals surface area contributed by atoms with Crippen molar-refractivity contribution < 1.29 is 13.3 Å². The van der Waals surface area contributed by atoms with Gasteiger partial charge in [-0.15, -0.1) is 11.8 Å². The van der Waals surface area contributed by atoms with E-state index in [0.29, 0.717) is 11.3 Å². The molecule has 0 spiro atoms. The van der Waals surface area contributed by atoms with Crippen molar-refractivity contribution in [1.82, 2.24) is 4.72 Å². The quantitative estimate of drug-likeness (QED) is 0.351. The predicted molar refractivity (Wildman–Crippen MR) is 94.9 cm³/mol. The Morgan fingerprint density at radius 3 is 2.42 bits per heavy atom. The van der Waals surface area contributed by atoms with E-state index in [4.69, 9.17) is 0 Å². The molecule has 128 valence electrons. The maximum absolute atomic E-state index is 12.3. The van der Waals surface area contributed by atoms with Gasteiger partial charge in [0.2, 0.25) is 10.0 Å². The zero-order valence-electron chi connectivity index (χ0n) is 13.4. The second-order valence-corrected chi connectivity index (χ2v) is 8.17. The number of rotatable bonds is 7. The minimum Gasteiger partial charge on any atom is -0.258 e. The molecule has 0 heterocycles. The zero-order chi connectivity index (χ0) is 17.7. The molecule has 0 aliphatic heterocycles. The molecule has 8 heteroatoms. The van der Waals surface area contributed by atoms with Gasteiger partial charge >= 0.3 is 0 Å². The Balaban J connectivity index is 2.00. The van der Waals surface area contributed by atoms with Gasteiger partial charge in [0.15, 0.2) is 0 Å². The Kier molecular flexibility index (Phi) is 5.98. The summed E-state index contributed by atoms with van der Waals surface area (Å²) in [7, 11) is -3.78. The van der Waals surface area contributed by atoms with Gasteiger partial charge in [-0.25, -0.2) is 13.1 Å². The van der Waals surface area contributed by atoms with Gasteiger partial charge in [0.1, 0.15) is 0 Å². The van der Waals surface area contributed by atoms with E-state index in [-0.39, 0.29) is 17.1 Å². The van der Waals surface area contributed by atoms with Crippen LogP contribution in [0.1, 0.15) is 11.1 Å². The Labute approximate surface area is 145 Å². The maximum atomic E-state index is 12.3. The number of non-ortho nitro benzene ring substituents is 1. The molecule has 0 amide bonds. The number of hydrogen-bond donors (Lipinski definition) is 1. The third kappa shape index (κ3) is 4.80. The monoisotopic (exact) mass is 366 g/mol. The summed E-state index contributed by atoms with van der Waals surface area (Å²) >= 11 is 1.54. The minimum atomic E-state index is -3.78. The average molecular weight is 366 g/mol. The first kappa shape index (κ1) is 18.4. The molecule has 0 aromatic heterocycles. The van der Waals surface area contributed by atoms with Gasteiger partial charge in [-0.1, -0.05) is 23.8 Å². The lowest BCUT2D eigenvalue weighted by molar-refractivity contribution is -0.385. The van der Waals surface area contributed by atoms with Crippen LogP contribution in [0.4, 0.5) is 5.69 Å². The van der Waals surface area contributed by atoms with Crippen molar-refractivity contribution in [1.29, 1.82) is 0 Å². The molecular weight excluding hydrogens is 348 g/mol. The van der Waals surface area contributed by atoms with Crippen LogP contribution in [-0.2, 0) is 10.0 Å². The van der Waals surface area contributed by atoms with Crippen molar-refractivity contribution in [2.75, 3.05) is 12.3 Å². The van der Waals surface area contributed by atoms with E-state index in [0.717, 1.165) is 11.0 Å². The van der Waals surface area contributed by atoms with Gasteiger partial charge < -0.3 is 0 Å². The average Bonchev–Trinajstić information content (AvgIpc) is 2.53. The molecule has 24 heavy (non-hydrogen) atoms. The molecular formula is C16H18N2O4S2. The molecule has 0 saturated heterocycles. The zero-order valence-corrected chi connectivity index (χ0v) is 15.0. The fraction of sp³-hybridized carbons (Fsp3) is 0.250. The highest BCUT2D eigenvalue weighted by Crippen LogP contribution is 2.22. The molecule has 0 saturated carbocycles. The van der Waals surface area contributed by atoms with Crippen LogP contribution in [0, 0.1) is 24.0 Å². The van der Waals surface area contributed by atoms with Crippen molar-refractivity contribution in [3.05, 3.63) is 63.7 Å². The van der Waals surface area contributed by atoms with Crippen LogP contribution < -0.4 is 4.72 Å². The summed E-state index contributed by atoms with van der Waals surface area (Å²) in [6.45, 7) is 3.85. The fourth-order valence-corrected chi connectivity index (χ4v) is 4.24. The van der Waals surface area contributed by atoms with Crippen molar-refractivity contribution in [2.45, 2.75) is 23.6 Å². The molecule has 0 unspecified atom stereocenters. The van der Waals surface area contributed by atoms with E-state index < -0.39 is 14.9 Å². The topological polar surface area (TPSA) is 89.3 Å². The summed E-state index contributed by atoms with van der Waals surface area (Å²) in [6, 6.07) is 11.8. The van der Waals surface area contributed by atoms with Gasteiger partial charge in [0, 0.05) is 29.3 Å². The Bertz CT molecular complexity index is 834. The van der Waals surface area contributed by atoms with Gasteiger partial charge in [-0.05, 0) is 31.5 Å². The molecule has 0 aliphatic rings. The van der Waals surface area contributed by atoms with Crippen molar-refractivity contribution in [2.24, 2.45) is 0 Å². The summed E-state index contributed by atoms with van der Waals surface area (Å²) in [5.41, 5.74) is 1.40. The van der Waals surface area contributed by atoms with E-state index in [1.165, 1.54) is 17.7 Å². The molecule has 0 fully saturated rings. The van der Waals surface area contributed by atoms with Crippen molar-refractivity contribution in [3.63, 3.8) is 0 Å². The second-order valence-electron chi connectivity index (χ2n) is 5.27. The second kappa shape index (κ2) is 7.78. The molecule has 0 radical (unpaired) electrons. The molecule has 2 aromatic rings. The minimum absolute atomic E-state index is 0.0583. The Morgan fingerprint density at radius 1 is 1.12 bits per heavy atom. The molecule has 0 bridgehead atoms. The first-order valence-electron chi connectivity index (χ1n) is 7.24. The predicted octanol–water partition coefficient (Wildman–Crippen LogP) is 3.28. The van der Waals surface area contributed by atoms with E-state index in [1.54, 1.807) is 18.7 Å². The fourth-order valence-electron chi connectivity index (χ4n) is 2.05. The summed E-state index contributed by atoms with van der Waals surface area (Å²) in [4.78, 5) is 11.2. The summed E-state index contributed by atoms with van der Waals surface area (Å²) in [5.74, 6) is 0.566. The SMILES string of the molecule is Cc1ccc(SCCNS(=O)(=O)c2cc([N+](=O)[O-])ccc2C)cc1. The number of nitrogens with zero attached hydrogens (tertiary/aromatic N) is 1. The molecule has 0 atom stereocenters. The maximum Gasteiger partial charge on any atom is 0.270 e. The lowest BCUT2D eigenvalue weighted by atomic mass is 10.2. The third-order valence-corrected chi connectivity index (χ3v) is 5.97. The summed E-state index contributed by atoms with van der Waals surface area (Å²) in [6.07, 6.45) is 0. The van der Waals surface area contributed by atoms with Crippen LogP contribution in [0.2, 0.25) is 0 Å². The van der Waals surface area contributed by atoms with Crippen LogP contribution in [0.5, 0.6) is 0 Å². The largest absolute Gasteiger partial charge is 0.270 e. The number of sulfonamides is 1. The molecule has 0 aliphatic carbocycles. The van der Waals surface area contributed by atoms with Crippen LogP contribution in [-0.4, -0.2) is 25.6 Å². The lowest BCUT2D eigenvalue weighted by Crippen LogP contribution is -2.26. The molecule has 1 N–H and O–H groups in total. The summed E-state index contributed by atoms with van der Waals surface area (Å²) in [5, 5.41) is 10.8. The molecule has 2 rings (SSSR count). The normalized spacial score (nSPS) is 11.4. The van der Waals surface area contributed by atoms with Crippen molar-refractivity contribution >= 4 is 27.5 Å². The summed E-state index contributed by atoms with van der Waals surface area (Å²) < 4.78 is 27.2. The number of thioether (sulfide) groups is 1. The highest BCUT2D eigenvalue weighted by molar-refractivity contribution is 7.99. The van der Waals surface area contributed by atoms with E-state index >= 15 is 0 Å². The highest BCUT2D eigenvalue weighted by atomic mass is 32.2. The van der Waals surface area contributed by atoms with Crippen LogP contribution in [0.15, 0.2) is 52.3 Å². The third-order valence-electron chi connectivity index (χ3n) is 3.36. The molecule has 6 nitrogen and oxygen atoms in total. The standard InChI is InChI=1S/C16H18N2O4S2/c1-12-3-7-15(8-4-12)23-10-9-17-24(21,22)16-11-14(18(19)20)6-5-13(16)2/h3-8,11,17H,9-10H2,1-2H3. The Morgan fingerprint density at radius 2 is 1.79 bits per heavy atom. The Hall–Kier alpha value is -1.90. The van der Waals surface area contributed by atoms with Crippen LogP contribution >= 0.6 is 11.8 Å². The van der Waals surface area contributed by atoms with Gasteiger partial charge in [0.25, 0.3) is 5.69 Å². The number of aryl methyl sites for hydroxylation is 2. The van der Waals surface area contributed by atoms with E-state index in [1.807, 2.05) is 31.2 Å². The van der Waals surface area contributed by atoms with E-state index in [9.17, 15) is 18.5 Å². The number of nitro benzene ring substituents is 1. The van der Waals surface area contributed by atoms with Crippen LogP contribution in [0.25, 0.3) is 0 Å². The number of benzene rings is 2. The smallest absolute Gasteiger partial charge is 0.258 e.